The van der Waals surface area contributed by atoms with Gasteiger partial charge in [-0.25, -0.2) is 0 Å². The second-order valence-electron chi connectivity index (χ2n) is 6.03. The van der Waals surface area contributed by atoms with Gasteiger partial charge in [-0.15, -0.1) is 0 Å². The second kappa shape index (κ2) is 6.92. The van der Waals surface area contributed by atoms with Gasteiger partial charge in [-0.1, -0.05) is 45.0 Å². The van der Waals surface area contributed by atoms with Gasteiger partial charge in [-0.05, 0) is 53.1 Å². The van der Waals surface area contributed by atoms with Crippen LogP contribution in [0.15, 0.2) is 42.5 Å². The molecule has 0 amide bonds. The van der Waals surface area contributed by atoms with E-state index >= 15 is 0 Å². The van der Waals surface area contributed by atoms with E-state index in [9.17, 15) is 5.26 Å². The summed E-state index contributed by atoms with van der Waals surface area (Å²) in [5.74, 6) is 0.665. The van der Waals surface area contributed by atoms with Crippen LogP contribution in [0.25, 0.3) is 0 Å². The van der Waals surface area contributed by atoms with E-state index in [1.54, 1.807) is 0 Å². The largest absolute Gasteiger partial charge is 0.192 e. The number of benzene rings is 2. The summed E-state index contributed by atoms with van der Waals surface area (Å²) in [6.45, 7) is 6.36. The first-order valence-corrected chi connectivity index (χ1v) is 7.58. The highest BCUT2D eigenvalue weighted by molar-refractivity contribution is 5.43. The van der Waals surface area contributed by atoms with Crippen molar-refractivity contribution in [2.75, 3.05) is 0 Å². The molecule has 0 aliphatic rings. The maximum atomic E-state index is 9.33. The molecule has 0 aliphatic carbocycles. The zero-order valence-electron chi connectivity index (χ0n) is 13.3. The Kier molecular flexibility index (Phi) is 4.97. The Balaban J connectivity index is 2.23. The Bertz CT molecular complexity index is 745. The van der Waals surface area contributed by atoms with Gasteiger partial charge in [0.2, 0.25) is 0 Å². The highest BCUT2D eigenvalue weighted by Crippen LogP contribution is 2.25. The summed E-state index contributed by atoms with van der Waals surface area (Å²) in [6.07, 6.45) is 0.863. The fourth-order valence-corrected chi connectivity index (χ4v) is 2.72. The number of nitriles is 2. The molecule has 0 radical (unpaired) electrons. The molecule has 0 N–H and O–H groups in total. The predicted octanol–water partition coefficient (Wildman–Crippen LogP) is 4.90. The van der Waals surface area contributed by atoms with Gasteiger partial charge >= 0.3 is 0 Å². The molecular weight excluding hydrogens is 268 g/mol. The summed E-state index contributed by atoms with van der Waals surface area (Å²) in [5, 5.41) is 18.3. The lowest BCUT2D eigenvalue weighted by Crippen LogP contribution is -2.01. The van der Waals surface area contributed by atoms with E-state index < -0.39 is 0 Å². The lowest BCUT2D eigenvalue weighted by atomic mass is 9.90. The van der Waals surface area contributed by atoms with Crippen molar-refractivity contribution < 1.29 is 0 Å². The minimum Gasteiger partial charge on any atom is -0.192 e. The molecule has 2 heteroatoms. The van der Waals surface area contributed by atoms with E-state index in [4.69, 9.17) is 5.26 Å². The van der Waals surface area contributed by atoms with E-state index in [-0.39, 0.29) is 0 Å². The van der Waals surface area contributed by atoms with Crippen LogP contribution in [0.1, 0.15) is 60.4 Å². The van der Waals surface area contributed by atoms with Crippen molar-refractivity contribution in [3.8, 4) is 12.1 Å². The van der Waals surface area contributed by atoms with Crippen molar-refractivity contribution in [3.05, 3.63) is 70.3 Å². The molecule has 2 rings (SSSR count). The molecule has 110 valence electrons. The average molecular weight is 288 g/mol. The molecule has 0 saturated heterocycles. The zero-order chi connectivity index (χ0) is 16.1. The van der Waals surface area contributed by atoms with Crippen molar-refractivity contribution in [3.63, 3.8) is 0 Å². The van der Waals surface area contributed by atoms with E-state index in [0.29, 0.717) is 17.4 Å². The topological polar surface area (TPSA) is 47.6 Å². The predicted molar refractivity (Wildman–Crippen MR) is 88.5 cm³/mol. The lowest BCUT2D eigenvalue weighted by molar-refractivity contribution is 0.757. The Morgan fingerprint density at radius 3 is 2.36 bits per heavy atom. The van der Waals surface area contributed by atoms with Crippen LogP contribution >= 0.6 is 0 Å². The minimum absolute atomic E-state index is 0.310. The summed E-state index contributed by atoms with van der Waals surface area (Å²) in [6, 6.07) is 18.4. The summed E-state index contributed by atoms with van der Waals surface area (Å²) in [5.41, 5.74) is 4.88. The van der Waals surface area contributed by atoms with Gasteiger partial charge in [0.15, 0.2) is 0 Å². The maximum Gasteiger partial charge on any atom is 0.0994 e. The van der Waals surface area contributed by atoms with Gasteiger partial charge in [-0.2, -0.15) is 10.5 Å². The molecule has 0 bridgehead atoms. The van der Waals surface area contributed by atoms with E-state index in [0.717, 1.165) is 28.7 Å². The Hall–Kier alpha value is -2.58. The Labute approximate surface area is 132 Å². The molecule has 0 fully saturated rings. The number of hydrogen-bond donors (Lipinski definition) is 0. The molecule has 2 aromatic rings. The quantitative estimate of drug-likeness (QED) is 0.803. The third-order valence-corrected chi connectivity index (χ3v) is 3.99. The summed E-state index contributed by atoms with van der Waals surface area (Å²) >= 11 is 0. The van der Waals surface area contributed by atoms with Crippen LogP contribution in [0, 0.1) is 22.7 Å². The highest BCUT2D eigenvalue weighted by Gasteiger charge is 2.11. The molecule has 0 heterocycles. The van der Waals surface area contributed by atoms with Crippen LogP contribution in [0.4, 0.5) is 0 Å². The Morgan fingerprint density at radius 2 is 1.73 bits per heavy atom. The lowest BCUT2D eigenvalue weighted by Gasteiger charge is -2.14. The van der Waals surface area contributed by atoms with Crippen LogP contribution < -0.4 is 0 Å². The molecule has 0 spiro atoms. The first kappa shape index (κ1) is 15.8. The molecule has 1 atom stereocenters. The van der Waals surface area contributed by atoms with Crippen LogP contribution in [0.2, 0.25) is 0 Å². The van der Waals surface area contributed by atoms with Gasteiger partial charge in [0.1, 0.15) is 0 Å². The molecule has 0 aliphatic heterocycles. The van der Waals surface area contributed by atoms with Crippen molar-refractivity contribution in [2.24, 2.45) is 0 Å². The molecule has 2 nitrogen and oxygen atoms in total. The summed E-state index contributed by atoms with van der Waals surface area (Å²) in [4.78, 5) is 0. The third kappa shape index (κ3) is 3.54. The van der Waals surface area contributed by atoms with Crippen molar-refractivity contribution in [1.29, 1.82) is 10.5 Å². The summed E-state index contributed by atoms with van der Waals surface area (Å²) in [7, 11) is 0. The van der Waals surface area contributed by atoms with Gasteiger partial charge in [-0.3, -0.25) is 0 Å². The minimum atomic E-state index is 0.310. The highest BCUT2D eigenvalue weighted by atomic mass is 14.3. The van der Waals surface area contributed by atoms with Crippen LogP contribution in [-0.4, -0.2) is 0 Å². The number of nitrogens with zero attached hydrogens (tertiary/aromatic N) is 2. The van der Waals surface area contributed by atoms with Gasteiger partial charge in [0.05, 0.1) is 23.3 Å². The van der Waals surface area contributed by atoms with E-state index in [2.05, 4.69) is 51.1 Å². The SMILES string of the molecule is CC(C)c1ccc(C[C@H](C)c2cccc(C#N)c2)cc1C#N. The summed E-state index contributed by atoms with van der Waals surface area (Å²) < 4.78 is 0. The van der Waals surface area contributed by atoms with Gasteiger partial charge in [0, 0.05) is 0 Å². The monoisotopic (exact) mass is 288 g/mol. The third-order valence-electron chi connectivity index (χ3n) is 3.99. The first-order chi connectivity index (χ1) is 10.5. The van der Waals surface area contributed by atoms with Crippen LogP contribution in [0.3, 0.4) is 0 Å². The van der Waals surface area contributed by atoms with Gasteiger partial charge in [0.25, 0.3) is 0 Å². The molecule has 2 aromatic carbocycles. The molecule has 22 heavy (non-hydrogen) atoms. The number of hydrogen-bond acceptors (Lipinski definition) is 2. The van der Waals surface area contributed by atoms with Gasteiger partial charge < -0.3 is 0 Å². The normalized spacial score (nSPS) is 11.7. The maximum absolute atomic E-state index is 9.33. The first-order valence-electron chi connectivity index (χ1n) is 7.58. The zero-order valence-corrected chi connectivity index (χ0v) is 13.3. The second-order valence-corrected chi connectivity index (χ2v) is 6.03. The fourth-order valence-electron chi connectivity index (χ4n) is 2.72. The number of rotatable bonds is 4. The molecular formula is C20H20N2. The Morgan fingerprint density at radius 1 is 0.955 bits per heavy atom. The van der Waals surface area contributed by atoms with Crippen molar-refractivity contribution in [2.45, 2.75) is 39.0 Å². The molecule has 0 unspecified atom stereocenters. The van der Waals surface area contributed by atoms with Crippen LogP contribution in [0.5, 0.6) is 0 Å². The molecule has 0 aromatic heterocycles. The van der Waals surface area contributed by atoms with Crippen molar-refractivity contribution in [1.82, 2.24) is 0 Å². The average Bonchev–Trinajstić information content (AvgIpc) is 2.54. The standard InChI is InChI=1S/C20H20N2/c1-14(2)20-8-7-16(10-19(20)13-22)9-15(3)18-6-4-5-17(11-18)12-21/h4-8,10-11,14-15H,9H2,1-3H3/t15-/m0/s1. The van der Waals surface area contributed by atoms with E-state index in [1.807, 2.05) is 24.3 Å². The van der Waals surface area contributed by atoms with Crippen molar-refractivity contribution >= 4 is 0 Å². The van der Waals surface area contributed by atoms with Crippen LogP contribution in [-0.2, 0) is 6.42 Å². The van der Waals surface area contributed by atoms with E-state index in [1.165, 1.54) is 0 Å². The fraction of sp³-hybridized carbons (Fsp3) is 0.300. The smallest absolute Gasteiger partial charge is 0.0994 e. The molecule has 0 saturated carbocycles.